The number of anilines is 1. The fraction of sp³-hybridized carbons (Fsp3) is 0.364. The van der Waals surface area contributed by atoms with Crippen LogP contribution in [-0.2, 0) is 26.1 Å². The second-order valence-corrected chi connectivity index (χ2v) is 9.09. The van der Waals surface area contributed by atoms with E-state index >= 15 is 0 Å². The quantitative estimate of drug-likeness (QED) is 0.443. The van der Waals surface area contributed by atoms with Crippen molar-refractivity contribution in [2.75, 3.05) is 25.4 Å². The van der Waals surface area contributed by atoms with Crippen molar-refractivity contribution in [1.29, 1.82) is 0 Å². The van der Waals surface area contributed by atoms with E-state index in [2.05, 4.69) is 9.97 Å². The monoisotopic (exact) mass is 490 g/mol. The lowest BCUT2D eigenvalue weighted by molar-refractivity contribution is 0.0461. The van der Waals surface area contributed by atoms with Crippen molar-refractivity contribution >= 4 is 38.9 Å². The van der Waals surface area contributed by atoms with Gasteiger partial charge in [0.25, 0.3) is 0 Å². The van der Waals surface area contributed by atoms with Crippen LogP contribution in [0.1, 0.15) is 53.1 Å². The summed E-state index contributed by atoms with van der Waals surface area (Å²) in [6.07, 6.45) is 0. The Hall–Kier alpha value is -3.51. The van der Waals surface area contributed by atoms with Crippen molar-refractivity contribution in [1.82, 2.24) is 14.3 Å². The molecule has 0 atom stereocenters. The van der Waals surface area contributed by atoms with Gasteiger partial charge in [-0.1, -0.05) is 19.9 Å². The van der Waals surface area contributed by atoms with Crippen molar-refractivity contribution in [2.45, 2.75) is 39.2 Å². The van der Waals surface area contributed by atoms with E-state index in [0.29, 0.717) is 13.1 Å². The molecule has 0 aliphatic carbocycles. The zero-order valence-corrected chi connectivity index (χ0v) is 20.1. The van der Waals surface area contributed by atoms with Crippen LogP contribution < -0.4 is 5.73 Å². The predicted octanol–water partition coefficient (Wildman–Crippen LogP) is 2.68. The van der Waals surface area contributed by atoms with E-state index in [-0.39, 0.29) is 57.7 Å². The summed E-state index contributed by atoms with van der Waals surface area (Å²) in [7, 11) is -3.73. The molecular weight excluding hydrogens is 464 g/mol. The van der Waals surface area contributed by atoms with Gasteiger partial charge in [-0.05, 0) is 32.0 Å². The second kappa shape index (κ2) is 10.2. The molecule has 182 valence electrons. The fourth-order valence-electron chi connectivity index (χ4n) is 3.41. The minimum Gasteiger partial charge on any atom is -0.462 e. The number of nitrogens with zero attached hydrogens (tertiary/aromatic N) is 3. The van der Waals surface area contributed by atoms with E-state index in [1.165, 1.54) is 28.6 Å². The molecule has 2 heterocycles. The van der Waals surface area contributed by atoms with Crippen LogP contribution in [0.5, 0.6) is 0 Å². The maximum Gasteiger partial charge on any atom is 0.342 e. The number of aryl methyl sites for hydroxylation is 1. The minimum atomic E-state index is -3.73. The van der Waals surface area contributed by atoms with E-state index in [9.17, 15) is 18.0 Å². The molecule has 11 nitrogen and oxygen atoms in total. The summed E-state index contributed by atoms with van der Waals surface area (Å²) in [5, 5.41) is 0.223. The predicted molar refractivity (Wildman–Crippen MR) is 123 cm³/mol. The molecule has 0 unspecified atom stereocenters. The van der Waals surface area contributed by atoms with Gasteiger partial charge in [0.2, 0.25) is 15.7 Å². The van der Waals surface area contributed by atoms with Gasteiger partial charge in [0.1, 0.15) is 17.1 Å². The number of fused-ring (bicyclic) bond motifs is 1. The zero-order valence-electron chi connectivity index (χ0n) is 19.3. The van der Waals surface area contributed by atoms with Crippen LogP contribution in [0.15, 0.2) is 33.6 Å². The normalized spacial score (nSPS) is 11.7. The molecule has 3 aromatic rings. The SMILES string of the molecule is CCOC(=O)c1c(C)oc2nc(COC(=O)c3cccc(S(=O)(=O)N(CC)CC)c3)nc(N)c12. The molecule has 0 fully saturated rings. The molecule has 12 heteroatoms. The standard InChI is InChI=1S/C22H26N4O7S/c1-5-26(6-2)34(29,30)15-10-8-9-14(11-15)21(27)32-12-16-24-19(23)18-17(22(28)31-7-3)13(4)33-20(18)25-16/h8-11H,5-7,12H2,1-4H3,(H2,23,24,25). The molecule has 2 N–H and O–H groups in total. The summed E-state index contributed by atoms with van der Waals surface area (Å²) in [5.74, 6) is -1.07. The number of rotatable bonds is 9. The Labute approximate surface area is 196 Å². The molecule has 34 heavy (non-hydrogen) atoms. The highest BCUT2D eigenvalue weighted by Gasteiger charge is 2.25. The van der Waals surface area contributed by atoms with Gasteiger partial charge >= 0.3 is 11.9 Å². The third-order valence-corrected chi connectivity index (χ3v) is 7.07. The molecule has 2 aromatic heterocycles. The van der Waals surface area contributed by atoms with Crippen molar-refractivity contribution in [3.63, 3.8) is 0 Å². The van der Waals surface area contributed by atoms with Crippen LogP contribution in [0.3, 0.4) is 0 Å². The number of esters is 2. The average Bonchev–Trinajstić information content (AvgIpc) is 3.14. The first-order valence-corrected chi connectivity index (χ1v) is 12.1. The highest BCUT2D eigenvalue weighted by Crippen LogP contribution is 2.29. The number of furan rings is 1. The van der Waals surface area contributed by atoms with Crippen molar-refractivity contribution in [3.8, 4) is 0 Å². The Morgan fingerprint density at radius 1 is 1.09 bits per heavy atom. The molecule has 0 amide bonds. The summed E-state index contributed by atoms with van der Waals surface area (Å²) in [6.45, 7) is 7.16. The summed E-state index contributed by atoms with van der Waals surface area (Å²) >= 11 is 0. The van der Waals surface area contributed by atoms with Crippen LogP contribution in [0, 0.1) is 6.92 Å². The third kappa shape index (κ3) is 4.87. The molecule has 0 aliphatic heterocycles. The molecule has 3 rings (SSSR count). The number of benzene rings is 1. The van der Waals surface area contributed by atoms with Crippen LogP contribution in [0.25, 0.3) is 11.1 Å². The van der Waals surface area contributed by atoms with E-state index in [4.69, 9.17) is 19.6 Å². The zero-order chi connectivity index (χ0) is 25.0. The molecule has 0 saturated heterocycles. The lowest BCUT2D eigenvalue weighted by Gasteiger charge is -2.18. The Bertz CT molecular complexity index is 1330. The molecular formula is C22H26N4O7S. The van der Waals surface area contributed by atoms with Gasteiger partial charge in [-0.25, -0.2) is 23.0 Å². The number of ether oxygens (including phenoxy) is 2. The Kier molecular flexibility index (Phi) is 7.52. The number of aromatic nitrogens is 2. The maximum absolute atomic E-state index is 12.7. The third-order valence-electron chi connectivity index (χ3n) is 5.03. The summed E-state index contributed by atoms with van der Waals surface area (Å²) in [6, 6.07) is 5.60. The van der Waals surface area contributed by atoms with E-state index in [1.807, 2.05) is 0 Å². The first-order chi connectivity index (χ1) is 16.1. The van der Waals surface area contributed by atoms with Crippen LogP contribution in [-0.4, -0.2) is 54.3 Å². The number of sulfonamides is 1. The molecule has 0 bridgehead atoms. The molecule has 0 radical (unpaired) electrons. The van der Waals surface area contributed by atoms with Gasteiger partial charge in [-0.2, -0.15) is 9.29 Å². The van der Waals surface area contributed by atoms with Gasteiger partial charge in [-0.3, -0.25) is 0 Å². The summed E-state index contributed by atoms with van der Waals surface area (Å²) < 4.78 is 42.6. The van der Waals surface area contributed by atoms with Crippen molar-refractivity contribution < 1.29 is 31.9 Å². The highest BCUT2D eigenvalue weighted by molar-refractivity contribution is 7.89. The minimum absolute atomic E-state index is 0.00915. The summed E-state index contributed by atoms with van der Waals surface area (Å²) in [4.78, 5) is 33.1. The van der Waals surface area contributed by atoms with E-state index in [1.54, 1.807) is 27.7 Å². The molecule has 0 aliphatic rings. The summed E-state index contributed by atoms with van der Waals surface area (Å²) in [5.41, 5.74) is 6.27. The number of carbonyl (C=O) groups is 2. The number of nitrogens with two attached hydrogens (primary N) is 1. The van der Waals surface area contributed by atoms with Crippen molar-refractivity contribution in [3.05, 3.63) is 47.0 Å². The first kappa shape index (κ1) is 25.1. The van der Waals surface area contributed by atoms with Crippen LogP contribution >= 0.6 is 0 Å². The van der Waals surface area contributed by atoms with Gasteiger partial charge in [-0.15, -0.1) is 0 Å². The van der Waals surface area contributed by atoms with Gasteiger partial charge in [0.05, 0.1) is 22.5 Å². The van der Waals surface area contributed by atoms with Crippen molar-refractivity contribution in [2.24, 2.45) is 0 Å². The molecule has 0 spiro atoms. The topological polar surface area (TPSA) is 155 Å². The second-order valence-electron chi connectivity index (χ2n) is 7.15. The molecule has 0 saturated carbocycles. The van der Waals surface area contributed by atoms with Crippen LogP contribution in [0.2, 0.25) is 0 Å². The number of hydrogen-bond acceptors (Lipinski definition) is 10. The number of carbonyl (C=O) groups excluding carboxylic acids is 2. The Morgan fingerprint density at radius 2 is 1.79 bits per heavy atom. The lowest BCUT2D eigenvalue weighted by Crippen LogP contribution is -2.30. The maximum atomic E-state index is 12.7. The van der Waals surface area contributed by atoms with Gasteiger partial charge in [0, 0.05) is 13.1 Å². The van der Waals surface area contributed by atoms with E-state index in [0.717, 1.165) is 0 Å². The Balaban J connectivity index is 1.82. The number of nitrogen functional groups attached to an aromatic ring is 1. The average molecular weight is 491 g/mol. The van der Waals surface area contributed by atoms with E-state index < -0.39 is 22.0 Å². The Morgan fingerprint density at radius 3 is 2.44 bits per heavy atom. The molecule has 1 aromatic carbocycles. The lowest BCUT2D eigenvalue weighted by atomic mass is 10.2. The smallest absolute Gasteiger partial charge is 0.342 e. The highest BCUT2D eigenvalue weighted by atomic mass is 32.2. The largest absolute Gasteiger partial charge is 0.462 e. The first-order valence-electron chi connectivity index (χ1n) is 10.6. The van der Waals surface area contributed by atoms with Gasteiger partial charge in [0.15, 0.2) is 12.4 Å². The fourth-order valence-corrected chi connectivity index (χ4v) is 4.91. The van der Waals surface area contributed by atoms with Crippen LogP contribution in [0.4, 0.5) is 5.82 Å². The number of hydrogen-bond donors (Lipinski definition) is 1. The van der Waals surface area contributed by atoms with Gasteiger partial charge < -0.3 is 19.6 Å².